The van der Waals surface area contributed by atoms with Gasteiger partial charge in [-0.15, -0.1) is 0 Å². The van der Waals surface area contributed by atoms with Crippen LogP contribution in [0.5, 0.6) is 0 Å². The summed E-state index contributed by atoms with van der Waals surface area (Å²) in [5.41, 5.74) is 0.566. The van der Waals surface area contributed by atoms with Crippen molar-refractivity contribution in [1.82, 2.24) is 9.97 Å². The van der Waals surface area contributed by atoms with E-state index in [0.29, 0.717) is 5.69 Å². The first-order valence-corrected chi connectivity index (χ1v) is 5.81. The summed E-state index contributed by atoms with van der Waals surface area (Å²) in [6, 6.07) is 8.05. The van der Waals surface area contributed by atoms with E-state index in [1.807, 2.05) is 25.1 Å². The second-order valence-electron chi connectivity index (χ2n) is 4.33. The minimum absolute atomic E-state index is 0.0873. The van der Waals surface area contributed by atoms with E-state index in [1.165, 1.54) is 0 Å². The zero-order chi connectivity index (χ0) is 14.8. The van der Waals surface area contributed by atoms with E-state index in [-0.39, 0.29) is 5.95 Å². The van der Waals surface area contributed by atoms with Gasteiger partial charge in [0.15, 0.2) is 0 Å². The minimum atomic E-state index is -4.48. The molecule has 2 aromatic rings. The van der Waals surface area contributed by atoms with Crippen LogP contribution in [0.2, 0.25) is 0 Å². The van der Waals surface area contributed by atoms with Gasteiger partial charge in [0.05, 0.1) is 0 Å². The number of rotatable bonds is 3. The average Bonchev–Trinajstić information content (AvgIpc) is 2.38. The van der Waals surface area contributed by atoms with E-state index in [2.05, 4.69) is 15.3 Å². The number of hydrogen-bond donors (Lipinski definition) is 1. The Hall–Kier alpha value is -2.31. The smallest absolute Gasteiger partial charge is 0.378 e. The Morgan fingerprint density at radius 2 is 1.90 bits per heavy atom. The SMILES string of the molecule is CN(C)c1cccc(Nc2nccc(C(F)(F)F)n2)c1. The second kappa shape index (κ2) is 5.36. The van der Waals surface area contributed by atoms with E-state index < -0.39 is 11.9 Å². The third kappa shape index (κ3) is 3.37. The summed E-state index contributed by atoms with van der Waals surface area (Å²) in [5, 5.41) is 2.76. The van der Waals surface area contributed by atoms with Crippen LogP contribution in [-0.2, 0) is 6.18 Å². The first-order chi connectivity index (χ1) is 9.36. The third-order valence-corrected chi connectivity index (χ3v) is 2.56. The molecule has 0 bridgehead atoms. The number of hydrogen-bond acceptors (Lipinski definition) is 4. The zero-order valence-corrected chi connectivity index (χ0v) is 10.9. The molecule has 0 spiro atoms. The van der Waals surface area contributed by atoms with E-state index in [1.54, 1.807) is 18.2 Å². The molecule has 0 aliphatic carbocycles. The highest BCUT2D eigenvalue weighted by Crippen LogP contribution is 2.28. The number of nitrogens with zero attached hydrogens (tertiary/aromatic N) is 3. The van der Waals surface area contributed by atoms with Crippen LogP contribution in [0.4, 0.5) is 30.5 Å². The van der Waals surface area contributed by atoms with Crippen LogP contribution in [0.1, 0.15) is 5.69 Å². The Balaban J connectivity index is 2.24. The molecule has 7 heteroatoms. The monoisotopic (exact) mass is 282 g/mol. The first kappa shape index (κ1) is 14.1. The summed E-state index contributed by atoms with van der Waals surface area (Å²) >= 11 is 0. The fourth-order valence-corrected chi connectivity index (χ4v) is 1.57. The van der Waals surface area contributed by atoms with Gasteiger partial charge in [0.25, 0.3) is 0 Å². The van der Waals surface area contributed by atoms with E-state index in [0.717, 1.165) is 18.0 Å². The summed E-state index contributed by atoms with van der Waals surface area (Å²) in [4.78, 5) is 9.13. The lowest BCUT2D eigenvalue weighted by Crippen LogP contribution is -2.10. The molecule has 0 radical (unpaired) electrons. The van der Waals surface area contributed by atoms with Crippen molar-refractivity contribution in [2.75, 3.05) is 24.3 Å². The molecular formula is C13H13F3N4. The molecule has 0 fully saturated rings. The molecule has 0 unspecified atom stereocenters. The molecule has 0 amide bonds. The topological polar surface area (TPSA) is 41.0 Å². The highest BCUT2D eigenvalue weighted by molar-refractivity contribution is 5.61. The van der Waals surface area contributed by atoms with Crippen LogP contribution in [0.3, 0.4) is 0 Å². The van der Waals surface area contributed by atoms with Crippen molar-refractivity contribution in [2.45, 2.75) is 6.18 Å². The van der Waals surface area contributed by atoms with Crippen molar-refractivity contribution >= 4 is 17.3 Å². The van der Waals surface area contributed by atoms with Crippen molar-refractivity contribution < 1.29 is 13.2 Å². The number of benzene rings is 1. The van der Waals surface area contributed by atoms with Crippen LogP contribution in [0, 0.1) is 0 Å². The molecule has 1 N–H and O–H groups in total. The Morgan fingerprint density at radius 1 is 1.15 bits per heavy atom. The molecule has 20 heavy (non-hydrogen) atoms. The van der Waals surface area contributed by atoms with Gasteiger partial charge in [0.1, 0.15) is 5.69 Å². The molecule has 0 saturated heterocycles. The Labute approximate surface area is 114 Å². The van der Waals surface area contributed by atoms with Gasteiger partial charge in [0, 0.05) is 31.7 Å². The van der Waals surface area contributed by atoms with Crippen LogP contribution in [0.15, 0.2) is 36.5 Å². The normalized spacial score (nSPS) is 11.2. The van der Waals surface area contributed by atoms with Gasteiger partial charge in [0.2, 0.25) is 5.95 Å². The summed E-state index contributed by atoms with van der Waals surface area (Å²) in [7, 11) is 3.75. The summed E-state index contributed by atoms with van der Waals surface area (Å²) in [5.74, 6) is -0.0873. The van der Waals surface area contributed by atoms with Gasteiger partial charge in [-0.25, -0.2) is 9.97 Å². The highest BCUT2D eigenvalue weighted by Gasteiger charge is 2.32. The molecule has 1 aromatic carbocycles. The largest absolute Gasteiger partial charge is 0.433 e. The molecular weight excluding hydrogens is 269 g/mol. The molecule has 1 heterocycles. The Bertz CT molecular complexity index is 596. The molecule has 0 saturated carbocycles. The quantitative estimate of drug-likeness (QED) is 0.937. The minimum Gasteiger partial charge on any atom is -0.378 e. The van der Waals surface area contributed by atoms with Crippen LogP contribution in [-0.4, -0.2) is 24.1 Å². The number of nitrogens with one attached hydrogen (secondary N) is 1. The van der Waals surface area contributed by atoms with E-state index in [9.17, 15) is 13.2 Å². The summed E-state index contributed by atoms with van der Waals surface area (Å²) in [6.07, 6.45) is -3.40. The zero-order valence-electron chi connectivity index (χ0n) is 10.9. The molecule has 4 nitrogen and oxygen atoms in total. The van der Waals surface area contributed by atoms with Crippen molar-refractivity contribution in [3.63, 3.8) is 0 Å². The lowest BCUT2D eigenvalue weighted by Gasteiger charge is -2.14. The van der Waals surface area contributed by atoms with Gasteiger partial charge in [-0.3, -0.25) is 0 Å². The molecule has 0 aliphatic rings. The van der Waals surface area contributed by atoms with E-state index in [4.69, 9.17) is 0 Å². The van der Waals surface area contributed by atoms with Crippen LogP contribution < -0.4 is 10.2 Å². The lowest BCUT2D eigenvalue weighted by atomic mass is 10.2. The first-order valence-electron chi connectivity index (χ1n) is 5.81. The number of aromatic nitrogens is 2. The van der Waals surface area contributed by atoms with Gasteiger partial charge in [-0.1, -0.05) is 6.07 Å². The van der Waals surface area contributed by atoms with E-state index >= 15 is 0 Å². The molecule has 1 aromatic heterocycles. The van der Waals surface area contributed by atoms with Crippen molar-refractivity contribution in [3.8, 4) is 0 Å². The van der Waals surface area contributed by atoms with Crippen LogP contribution >= 0.6 is 0 Å². The fraction of sp³-hybridized carbons (Fsp3) is 0.231. The molecule has 106 valence electrons. The Kier molecular flexibility index (Phi) is 3.78. The summed E-state index contributed by atoms with van der Waals surface area (Å²) < 4.78 is 37.7. The van der Waals surface area contributed by atoms with Crippen molar-refractivity contribution in [3.05, 3.63) is 42.2 Å². The summed E-state index contributed by atoms with van der Waals surface area (Å²) in [6.45, 7) is 0. The second-order valence-corrected chi connectivity index (χ2v) is 4.33. The van der Waals surface area contributed by atoms with Crippen molar-refractivity contribution in [1.29, 1.82) is 0 Å². The third-order valence-electron chi connectivity index (χ3n) is 2.56. The van der Waals surface area contributed by atoms with Crippen LogP contribution in [0.25, 0.3) is 0 Å². The average molecular weight is 282 g/mol. The highest BCUT2D eigenvalue weighted by atomic mass is 19.4. The molecule has 0 aliphatic heterocycles. The Morgan fingerprint density at radius 3 is 2.55 bits per heavy atom. The van der Waals surface area contributed by atoms with Gasteiger partial charge in [-0.2, -0.15) is 13.2 Å². The maximum absolute atomic E-state index is 12.6. The van der Waals surface area contributed by atoms with Gasteiger partial charge >= 0.3 is 6.18 Å². The standard InChI is InChI=1S/C13H13F3N4/c1-20(2)10-5-3-4-9(8-10)18-12-17-7-6-11(19-12)13(14,15)16/h3-8H,1-2H3,(H,17,18,19). The molecule has 2 rings (SSSR count). The van der Waals surface area contributed by atoms with Gasteiger partial charge in [-0.05, 0) is 24.3 Å². The van der Waals surface area contributed by atoms with Gasteiger partial charge < -0.3 is 10.2 Å². The lowest BCUT2D eigenvalue weighted by molar-refractivity contribution is -0.141. The maximum atomic E-state index is 12.6. The number of anilines is 3. The molecule has 0 atom stereocenters. The predicted octanol–water partition coefficient (Wildman–Crippen LogP) is 3.31. The number of halogens is 3. The number of alkyl halides is 3. The van der Waals surface area contributed by atoms with Crippen molar-refractivity contribution in [2.24, 2.45) is 0 Å². The fourth-order valence-electron chi connectivity index (χ4n) is 1.57. The predicted molar refractivity (Wildman–Crippen MR) is 71.1 cm³/mol. The maximum Gasteiger partial charge on any atom is 0.433 e.